The molecule has 34 heavy (non-hydrogen) atoms. The van der Waals surface area contributed by atoms with Crippen LogP contribution < -0.4 is 5.32 Å². The standard InChI is InChI=1S/C27H30N2O5/c1-2-8-18-9-7-14-29(16-18)26(32)24(15-25(30)31)28-27(33)34-17-23-21-12-5-3-10-19(21)20-11-4-6-13-22(20)23/h2-6,10-13,18,23-24H,1,7-9,14-17H2,(H,28,33)(H,30,31). The molecule has 1 saturated heterocycles. The summed E-state index contributed by atoms with van der Waals surface area (Å²) in [5, 5.41) is 11.8. The number of piperidine rings is 1. The Hall–Kier alpha value is -3.61. The van der Waals surface area contributed by atoms with Gasteiger partial charge in [-0.2, -0.15) is 0 Å². The smallest absolute Gasteiger partial charge is 0.407 e. The van der Waals surface area contributed by atoms with Gasteiger partial charge in [-0.1, -0.05) is 54.6 Å². The summed E-state index contributed by atoms with van der Waals surface area (Å²) in [7, 11) is 0. The molecule has 178 valence electrons. The summed E-state index contributed by atoms with van der Waals surface area (Å²) in [6.07, 6.45) is 3.19. The topological polar surface area (TPSA) is 95.9 Å². The summed E-state index contributed by atoms with van der Waals surface area (Å²) in [5.74, 6) is -1.36. The molecule has 2 aliphatic rings. The maximum Gasteiger partial charge on any atom is 0.407 e. The quantitative estimate of drug-likeness (QED) is 0.574. The zero-order valence-corrected chi connectivity index (χ0v) is 19.1. The number of carbonyl (C=O) groups excluding carboxylic acids is 2. The highest BCUT2D eigenvalue weighted by molar-refractivity contribution is 5.89. The Labute approximate surface area is 199 Å². The van der Waals surface area contributed by atoms with Crippen LogP contribution in [-0.4, -0.2) is 53.7 Å². The van der Waals surface area contributed by atoms with E-state index in [0.717, 1.165) is 41.5 Å². The second-order valence-corrected chi connectivity index (χ2v) is 8.94. The monoisotopic (exact) mass is 462 g/mol. The molecule has 2 aromatic rings. The number of hydrogen-bond donors (Lipinski definition) is 2. The molecule has 0 saturated carbocycles. The third-order valence-electron chi connectivity index (χ3n) is 6.64. The van der Waals surface area contributed by atoms with Crippen molar-refractivity contribution in [3.63, 3.8) is 0 Å². The number of aliphatic carboxylic acids is 1. The molecule has 7 nitrogen and oxygen atoms in total. The van der Waals surface area contributed by atoms with Gasteiger partial charge in [0, 0.05) is 19.0 Å². The number of rotatable bonds is 8. The molecular formula is C27H30N2O5. The minimum absolute atomic E-state index is 0.0962. The predicted octanol–water partition coefficient (Wildman–Crippen LogP) is 4.18. The number of nitrogens with one attached hydrogen (secondary N) is 1. The zero-order chi connectivity index (χ0) is 24.1. The Balaban J connectivity index is 1.41. The predicted molar refractivity (Wildman–Crippen MR) is 128 cm³/mol. The highest BCUT2D eigenvalue weighted by Gasteiger charge is 2.33. The molecule has 0 radical (unpaired) electrons. The van der Waals surface area contributed by atoms with Crippen LogP contribution in [0.1, 0.15) is 42.7 Å². The Bertz CT molecular complexity index is 1040. The van der Waals surface area contributed by atoms with Crippen LogP contribution in [-0.2, 0) is 14.3 Å². The second kappa shape index (κ2) is 10.5. The zero-order valence-electron chi connectivity index (χ0n) is 19.1. The summed E-state index contributed by atoms with van der Waals surface area (Å²) >= 11 is 0. The number of benzene rings is 2. The number of amides is 2. The third-order valence-corrected chi connectivity index (χ3v) is 6.64. The Morgan fingerprint density at radius 2 is 1.76 bits per heavy atom. The van der Waals surface area contributed by atoms with Crippen molar-refractivity contribution in [1.29, 1.82) is 0 Å². The highest BCUT2D eigenvalue weighted by Crippen LogP contribution is 2.44. The van der Waals surface area contributed by atoms with Gasteiger partial charge in [-0.15, -0.1) is 6.58 Å². The van der Waals surface area contributed by atoms with Crippen LogP contribution in [0.5, 0.6) is 0 Å². The Morgan fingerprint density at radius 1 is 1.12 bits per heavy atom. The van der Waals surface area contributed by atoms with Crippen LogP contribution in [0.25, 0.3) is 11.1 Å². The van der Waals surface area contributed by atoms with Gasteiger partial charge in [0.1, 0.15) is 12.6 Å². The van der Waals surface area contributed by atoms with Crippen LogP contribution >= 0.6 is 0 Å². The number of fused-ring (bicyclic) bond motifs is 3. The number of carboxylic acids is 1. The van der Waals surface area contributed by atoms with E-state index in [1.54, 1.807) is 4.90 Å². The molecule has 1 aliphatic heterocycles. The molecule has 4 rings (SSSR count). The third kappa shape index (κ3) is 5.14. The maximum absolute atomic E-state index is 13.1. The van der Waals surface area contributed by atoms with Gasteiger partial charge in [0.05, 0.1) is 6.42 Å². The fraction of sp³-hybridized carbons (Fsp3) is 0.370. The van der Waals surface area contributed by atoms with Crippen molar-refractivity contribution in [3.8, 4) is 11.1 Å². The van der Waals surface area contributed by atoms with Crippen molar-refractivity contribution in [1.82, 2.24) is 10.2 Å². The molecule has 2 N–H and O–H groups in total. The lowest BCUT2D eigenvalue weighted by Crippen LogP contribution is -2.52. The van der Waals surface area contributed by atoms with E-state index in [2.05, 4.69) is 11.9 Å². The van der Waals surface area contributed by atoms with Crippen LogP contribution in [0.4, 0.5) is 4.79 Å². The fourth-order valence-corrected chi connectivity index (χ4v) is 5.07. The summed E-state index contributed by atoms with van der Waals surface area (Å²) in [6.45, 7) is 4.95. The van der Waals surface area contributed by atoms with E-state index >= 15 is 0 Å². The van der Waals surface area contributed by atoms with Crippen LogP contribution in [0.3, 0.4) is 0 Å². The number of hydrogen-bond acceptors (Lipinski definition) is 4. The summed E-state index contributed by atoms with van der Waals surface area (Å²) < 4.78 is 5.52. The number of allylic oxidation sites excluding steroid dienone is 1. The summed E-state index contributed by atoms with van der Waals surface area (Å²) in [6, 6.07) is 14.8. The van der Waals surface area contributed by atoms with Crippen molar-refractivity contribution < 1.29 is 24.2 Å². The van der Waals surface area contributed by atoms with E-state index in [9.17, 15) is 19.5 Å². The second-order valence-electron chi connectivity index (χ2n) is 8.94. The van der Waals surface area contributed by atoms with Gasteiger partial charge in [0.15, 0.2) is 0 Å². The molecule has 2 unspecified atom stereocenters. The molecule has 0 bridgehead atoms. The first-order valence-corrected chi connectivity index (χ1v) is 11.7. The van der Waals surface area contributed by atoms with Crippen molar-refractivity contribution in [3.05, 3.63) is 72.3 Å². The van der Waals surface area contributed by atoms with E-state index in [0.29, 0.717) is 19.0 Å². The minimum atomic E-state index is -1.17. The first-order valence-electron chi connectivity index (χ1n) is 11.7. The molecular weight excluding hydrogens is 432 g/mol. The van der Waals surface area contributed by atoms with Gasteiger partial charge >= 0.3 is 12.1 Å². The van der Waals surface area contributed by atoms with E-state index in [1.807, 2.05) is 54.6 Å². The number of nitrogens with zero attached hydrogens (tertiary/aromatic N) is 1. The molecule has 1 heterocycles. The van der Waals surface area contributed by atoms with Crippen LogP contribution in [0, 0.1) is 5.92 Å². The van der Waals surface area contributed by atoms with Crippen molar-refractivity contribution >= 4 is 18.0 Å². The molecule has 0 aromatic heterocycles. The number of likely N-dealkylation sites (tertiary alicyclic amines) is 1. The van der Waals surface area contributed by atoms with E-state index in [4.69, 9.17) is 4.74 Å². The van der Waals surface area contributed by atoms with E-state index in [-0.39, 0.29) is 18.4 Å². The molecule has 1 fully saturated rings. The molecule has 2 atom stereocenters. The summed E-state index contributed by atoms with van der Waals surface area (Å²) in [4.78, 5) is 38.8. The number of carbonyl (C=O) groups is 3. The van der Waals surface area contributed by atoms with Gasteiger partial charge in [0.2, 0.25) is 5.91 Å². The maximum atomic E-state index is 13.1. The fourth-order valence-electron chi connectivity index (χ4n) is 5.07. The number of ether oxygens (including phenoxy) is 1. The number of carboxylic acid groups (broad SMARTS) is 1. The van der Waals surface area contributed by atoms with E-state index in [1.165, 1.54) is 0 Å². The van der Waals surface area contributed by atoms with Gasteiger partial charge in [-0.05, 0) is 47.4 Å². The van der Waals surface area contributed by atoms with Crippen molar-refractivity contribution in [2.75, 3.05) is 19.7 Å². The van der Waals surface area contributed by atoms with Gasteiger partial charge in [-0.3, -0.25) is 9.59 Å². The molecule has 7 heteroatoms. The SMILES string of the molecule is C=CCC1CCCN(C(=O)C(CC(=O)O)NC(=O)OCC2c3ccccc3-c3ccccc32)C1. The lowest BCUT2D eigenvalue weighted by Gasteiger charge is -2.34. The highest BCUT2D eigenvalue weighted by atomic mass is 16.5. The number of alkyl carbamates (subject to hydrolysis) is 1. The van der Waals surface area contributed by atoms with Gasteiger partial charge < -0.3 is 20.1 Å². The lowest BCUT2D eigenvalue weighted by atomic mass is 9.94. The van der Waals surface area contributed by atoms with Crippen LogP contribution in [0.2, 0.25) is 0 Å². The lowest BCUT2D eigenvalue weighted by molar-refractivity contribution is -0.143. The molecule has 1 aliphatic carbocycles. The Kier molecular flexibility index (Phi) is 7.30. The first kappa shape index (κ1) is 23.5. The average Bonchev–Trinajstić information content (AvgIpc) is 3.16. The minimum Gasteiger partial charge on any atom is -0.481 e. The van der Waals surface area contributed by atoms with Gasteiger partial charge in [-0.25, -0.2) is 4.79 Å². The summed E-state index contributed by atoms with van der Waals surface area (Å²) in [5.41, 5.74) is 4.39. The van der Waals surface area contributed by atoms with Gasteiger partial charge in [0.25, 0.3) is 0 Å². The molecule has 2 aromatic carbocycles. The molecule has 2 amide bonds. The largest absolute Gasteiger partial charge is 0.481 e. The Morgan fingerprint density at radius 3 is 2.38 bits per heavy atom. The van der Waals surface area contributed by atoms with E-state index < -0.39 is 24.5 Å². The first-order chi connectivity index (χ1) is 16.5. The van der Waals surface area contributed by atoms with Crippen molar-refractivity contribution in [2.45, 2.75) is 37.6 Å². The van der Waals surface area contributed by atoms with Crippen LogP contribution in [0.15, 0.2) is 61.2 Å². The van der Waals surface area contributed by atoms with Crippen molar-refractivity contribution in [2.24, 2.45) is 5.92 Å². The average molecular weight is 463 g/mol. The molecule has 0 spiro atoms. The normalized spacial score (nSPS) is 17.9.